The SMILES string of the molecule is CCCC(P)(CCCP(C)C)CCP(C)C. The van der Waals surface area contributed by atoms with Crippen LogP contribution in [0.25, 0.3) is 0 Å². The van der Waals surface area contributed by atoms with Gasteiger partial charge in [0.05, 0.1) is 0 Å². The molecule has 0 spiro atoms. The molecule has 0 saturated carbocycles. The first-order chi connectivity index (χ1) is 7.39. The summed E-state index contributed by atoms with van der Waals surface area (Å²) in [6.45, 7) is 11.9. The summed E-state index contributed by atoms with van der Waals surface area (Å²) in [5.41, 5.74) is 0. The Morgan fingerprint density at radius 3 is 1.88 bits per heavy atom. The standard InChI is InChI=1S/C13H31P3/c1-6-8-13(14,10-12-16(4)5)9-7-11-15(2)3/h6-12,14H2,1-5H3. The lowest BCUT2D eigenvalue weighted by Gasteiger charge is -2.30. The maximum Gasteiger partial charge on any atom is -0.0147 e. The summed E-state index contributed by atoms with van der Waals surface area (Å²) in [5.74, 6) is 0. The molecule has 2 atom stereocenters. The second kappa shape index (κ2) is 9.25. The highest BCUT2D eigenvalue weighted by atomic mass is 31.1. The van der Waals surface area contributed by atoms with Crippen molar-refractivity contribution < 1.29 is 0 Å². The fourth-order valence-corrected chi connectivity index (χ4v) is 4.63. The third-order valence-corrected chi connectivity index (χ3v) is 6.28. The van der Waals surface area contributed by atoms with Crippen LogP contribution in [0.5, 0.6) is 0 Å². The summed E-state index contributed by atoms with van der Waals surface area (Å²) in [4.78, 5) is 0. The van der Waals surface area contributed by atoms with Crippen LogP contribution in [-0.2, 0) is 0 Å². The molecule has 0 aliphatic heterocycles. The van der Waals surface area contributed by atoms with E-state index in [1.54, 1.807) is 0 Å². The quantitative estimate of drug-likeness (QED) is 0.518. The van der Waals surface area contributed by atoms with Crippen LogP contribution in [0.4, 0.5) is 0 Å². The Hall–Kier alpha value is 1.29. The van der Waals surface area contributed by atoms with E-state index in [0.717, 1.165) is 0 Å². The van der Waals surface area contributed by atoms with Gasteiger partial charge in [0, 0.05) is 0 Å². The second-order valence-electron chi connectivity index (χ2n) is 5.57. The van der Waals surface area contributed by atoms with Crippen LogP contribution in [0.1, 0.15) is 39.0 Å². The minimum absolute atomic E-state index is 0.288. The van der Waals surface area contributed by atoms with Gasteiger partial charge in [0.2, 0.25) is 0 Å². The van der Waals surface area contributed by atoms with Crippen molar-refractivity contribution in [2.24, 2.45) is 0 Å². The van der Waals surface area contributed by atoms with Crippen LogP contribution in [0.3, 0.4) is 0 Å². The van der Waals surface area contributed by atoms with Gasteiger partial charge in [-0.3, -0.25) is 0 Å². The van der Waals surface area contributed by atoms with Gasteiger partial charge in [-0.1, -0.05) is 13.3 Å². The molecule has 0 saturated heterocycles. The number of hydrogen-bond donors (Lipinski definition) is 0. The zero-order valence-corrected chi connectivity index (χ0v) is 14.9. The lowest BCUT2D eigenvalue weighted by molar-refractivity contribution is 0.478. The van der Waals surface area contributed by atoms with E-state index < -0.39 is 0 Å². The van der Waals surface area contributed by atoms with E-state index in [9.17, 15) is 0 Å². The fourth-order valence-electron chi connectivity index (χ4n) is 2.07. The van der Waals surface area contributed by atoms with E-state index in [0.29, 0.717) is 13.1 Å². The van der Waals surface area contributed by atoms with E-state index in [1.165, 1.54) is 44.4 Å². The largest absolute Gasteiger partial charge is 0.131 e. The number of hydrogen-bond acceptors (Lipinski definition) is 0. The van der Waals surface area contributed by atoms with Crippen LogP contribution in [0, 0.1) is 0 Å². The molecule has 0 radical (unpaired) electrons. The lowest BCUT2D eigenvalue weighted by Crippen LogP contribution is -2.22. The van der Waals surface area contributed by atoms with Crippen LogP contribution in [0.15, 0.2) is 0 Å². The fraction of sp³-hybridized carbons (Fsp3) is 1.00. The Kier molecular flexibility index (Phi) is 10.00. The zero-order chi connectivity index (χ0) is 12.6. The molecular weight excluding hydrogens is 249 g/mol. The highest BCUT2D eigenvalue weighted by Gasteiger charge is 2.23. The van der Waals surface area contributed by atoms with Crippen molar-refractivity contribution in [2.75, 3.05) is 39.0 Å². The monoisotopic (exact) mass is 280 g/mol. The molecule has 0 aliphatic carbocycles. The Labute approximate surface area is 108 Å². The van der Waals surface area contributed by atoms with Crippen molar-refractivity contribution in [1.82, 2.24) is 0 Å². The molecule has 16 heavy (non-hydrogen) atoms. The molecule has 0 heterocycles. The summed E-state index contributed by atoms with van der Waals surface area (Å²) >= 11 is 0. The smallest absolute Gasteiger partial charge is 0.0147 e. The van der Waals surface area contributed by atoms with Gasteiger partial charge in [-0.05, 0) is 69.8 Å². The summed E-state index contributed by atoms with van der Waals surface area (Å²) in [6.07, 6.45) is 9.93. The van der Waals surface area contributed by atoms with Crippen molar-refractivity contribution in [3.8, 4) is 0 Å². The van der Waals surface area contributed by atoms with Gasteiger partial charge in [-0.2, -0.15) is 0 Å². The number of rotatable bonds is 9. The molecule has 0 aromatic heterocycles. The highest BCUT2D eigenvalue weighted by molar-refractivity contribution is 7.56. The molecule has 0 N–H and O–H groups in total. The Morgan fingerprint density at radius 1 is 0.875 bits per heavy atom. The van der Waals surface area contributed by atoms with Gasteiger partial charge in [-0.15, -0.1) is 25.1 Å². The van der Waals surface area contributed by atoms with Crippen LogP contribution >= 0.6 is 25.1 Å². The summed E-state index contributed by atoms with van der Waals surface area (Å²) < 4.78 is 0. The molecule has 0 aliphatic rings. The predicted octanol–water partition coefficient (Wildman–Crippen LogP) is 5.05. The topological polar surface area (TPSA) is 0 Å². The van der Waals surface area contributed by atoms with Crippen molar-refractivity contribution in [3.05, 3.63) is 0 Å². The van der Waals surface area contributed by atoms with Crippen LogP contribution < -0.4 is 0 Å². The van der Waals surface area contributed by atoms with Crippen LogP contribution in [-0.4, -0.2) is 44.1 Å². The molecule has 0 aromatic carbocycles. The van der Waals surface area contributed by atoms with Crippen LogP contribution in [0.2, 0.25) is 0 Å². The lowest BCUT2D eigenvalue weighted by atomic mass is 9.94. The first-order valence-corrected chi connectivity index (χ1v) is 11.9. The first kappa shape index (κ1) is 17.3. The predicted molar refractivity (Wildman–Crippen MR) is 88.5 cm³/mol. The van der Waals surface area contributed by atoms with E-state index in [4.69, 9.17) is 0 Å². The molecule has 0 aromatic rings. The molecule has 98 valence electrons. The minimum Gasteiger partial charge on any atom is -0.131 e. The van der Waals surface area contributed by atoms with E-state index in [-0.39, 0.29) is 7.92 Å². The molecule has 0 fully saturated rings. The molecule has 2 unspecified atom stereocenters. The average Bonchev–Trinajstić information content (AvgIpc) is 2.15. The minimum atomic E-state index is 0.288. The maximum absolute atomic E-state index is 3.20. The van der Waals surface area contributed by atoms with E-state index in [2.05, 4.69) is 42.8 Å². The molecule has 0 nitrogen and oxygen atoms in total. The Balaban J connectivity index is 4.00. The summed E-state index contributed by atoms with van der Waals surface area (Å²) in [5, 5.41) is 0.562. The third-order valence-electron chi connectivity index (χ3n) is 3.08. The molecule has 3 heteroatoms. The van der Waals surface area contributed by atoms with E-state index >= 15 is 0 Å². The van der Waals surface area contributed by atoms with Gasteiger partial charge in [0.1, 0.15) is 0 Å². The normalized spacial score (nSPS) is 15.8. The van der Waals surface area contributed by atoms with E-state index in [1.807, 2.05) is 0 Å². The molecular formula is C13H31P3. The molecule has 0 rings (SSSR count). The zero-order valence-electron chi connectivity index (χ0n) is 11.9. The second-order valence-corrected chi connectivity index (χ2v) is 12.0. The summed E-state index contributed by atoms with van der Waals surface area (Å²) in [6, 6.07) is 0. The summed E-state index contributed by atoms with van der Waals surface area (Å²) in [7, 11) is 3.80. The van der Waals surface area contributed by atoms with Crippen molar-refractivity contribution in [3.63, 3.8) is 0 Å². The average molecular weight is 280 g/mol. The Bertz CT molecular complexity index is 169. The van der Waals surface area contributed by atoms with Gasteiger partial charge in [0.25, 0.3) is 0 Å². The Morgan fingerprint density at radius 2 is 1.44 bits per heavy atom. The van der Waals surface area contributed by atoms with Crippen molar-refractivity contribution >= 4 is 25.1 Å². The molecule has 0 amide bonds. The van der Waals surface area contributed by atoms with Gasteiger partial charge < -0.3 is 0 Å². The molecule has 0 bridgehead atoms. The van der Waals surface area contributed by atoms with Crippen molar-refractivity contribution in [1.29, 1.82) is 0 Å². The van der Waals surface area contributed by atoms with Crippen molar-refractivity contribution in [2.45, 2.75) is 44.2 Å². The third kappa shape index (κ3) is 9.33. The first-order valence-electron chi connectivity index (χ1n) is 6.48. The van der Waals surface area contributed by atoms with Gasteiger partial charge in [0.15, 0.2) is 0 Å². The maximum atomic E-state index is 3.20. The van der Waals surface area contributed by atoms with Gasteiger partial charge >= 0.3 is 0 Å². The van der Waals surface area contributed by atoms with Gasteiger partial charge in [-0.25, -0.2) is 0 Å². The highest BCUT2D eigenvalue weighted by Crippen LogP contribution is 2.39.